The monoisotopic (exact) mass is 299 g/mol. The van der Waals surface area contributed by atoms with Crippen molar-refractivity contribution in [1.29, 1.82) is 0 Å². The molecule has 0 aromatic rings. The van der Waals surface area contributed by atoms with Crippen LogP contribution in [0.15, 0.2) is 0 Å². The molecule has 1 aliphatic carbocycles. The second kappa shape index (κ2) is 6.82. The molecule has 1 amide bonds. The molecule has 1 saturated carbocycles. The van der Waals surface area contributed by atoms with E-state index in [0.29, 0.717) is 25.8 Å². The molecule has 0 aromatic heterocycles. The first-order chi connectivity index (χ1) is 8.71. The third-order valence-corrected chi connectivity index (χ3v) is 3.94. The lowest BCUT2D eigenvalue weighted by molar-refractivity contribution is -0.187. The summed E-state index contributed by atoms with van der Waals surface area (Å²) < 4.78 is 38.1. The average Bonchev–Trinajstić information content (AvgIpc) is 2.34. The molecule has 1 aliphatic rings. The van der Waals surface area contributed by atoms with Crippen LogP contribution in [0.4, 0.5) is 13.2 Å². The number of carbonyl (C=O) groups excluding carboxylic acids is 1. The predicted octanol–water partition coefficient (Wildman–Crippen LogP) is 3.83. The van der Waals surface area contributed by atoms with Crippen molar-refractivity contribution in [3.63, 3.8) is 0 Å². The molecule has 0 radical (unpaired) electrons. The number of carbonyl (C=O) groups is 1. The van der Waals surface area contributed by atoms with Crippen LogP contribution in [0.3, 0.4) is 0 Å². The van der Waals surface area contributed by atoms with Gasteiger partial charge in [-0.25, -0.2) is 0 Å². The van der Waals surface area contributed by atoms with Gasteiger partial charge in [0.25, 0.3) is 0 Å². The van der Waals surface area contributed by atoms with Crippen LogP contribution in [0.5, 0.6) is 0 Å². The van der Waals surface area contributed by atoms with Crippen molar-refractivity contribution < 1.29 is 18.0 Å². The fourth-order valence-electron chi connectivity index (χ4n) is 2.50. The molecular formula is C13H21ClF3NO. The molecule has 0 aromatic carbocycles. The van der Waals surface area contributed by atoms with Gasteiger partial charge in [0.1, 0.15) is 0 Å². The Bertz CT molecular complexity index is 307. The molecule has 0 aliphatic heterocycles. The Kier molecular flexibility index (Phi) is 5.96. The van der Waals surface area contributed by atoms with E-state index >= 15 is 0 Å². The van der Waals surface area contributed by atoms with Crippen molar-refractivity contribution in [1.82, 2.24) is 4.90 Å². The van der Waals surface area contributed by atoms with E-state index in [1.54, 1.807) is 7.05 Å². The van der Waals surface area contributed by atoms with Crippen LogP contribution in [-0.4, -0.2) is 36.0 Å². The zero-order valence-corrected chi connectivity index (χ0v) is 12.1. The van der Waals surface area contributed by atoms with Crippen LogP contribution in [0.2, 0.25) is 0 Å². The highest BCUT2D eigenvalue weighted by Crippen LogP contribution is 2.40. The van der Waals surface area contributed by atoms with Crippen LogP contribution in [0, 0.1) is 11.8 Å². The summed E-state index contributed by atoms with van der Waals surface area (Å²) in [5, 5.41) is -0.0375. The molecular weight excluding hydrogens is 279 g/mol. The summed E-state index contributed by atoms with van der Waals surface area (Å²) in [5.74, 6) is -1.99. The number of hydrogen-bond donors (Lipinski definition) is 0. The molecule has 1 fully saturated rings. The van der Waals surface area contributed by atoms with E-state index in [0.717, 1.165) is 0 Å². The largest absolute Gasteiger partial charge is 0.391 e. The zero-order valence-electron chi connectivity index (χ0n) is 11.3. The summed E-state index contributed by atoms with van der Waals surface area (Å²) in [6.07, 6.45) is -2.41. The summed E-state index contributed by atoms with van der Waals surface area (Å²) >= 11 is 5.81. The van der Waals surface area contributed by atoms with Crippen molar-refractivity contribution in [3.8, 4) is 0 Å². The summed E-state index contributed by atoms with van der Waals surface area (Å²) in [4.78, 5) is 13.6. The number of amides is 1. The third-order valence-electron chi connectivity index (χ3n) is 3.72. The minimum Gasteiger partial charge on any atom is -0.345 e. The van der Waals surface area contributed by atoms with E-state index in [1.807, 2.05) is 6.92 Å². The van der Waals surface area contributed by atoms with E-state index in [1.165, 1.54) is 4.90 Å². The molecule has 0 bridgehead atoms. The van der Waals surface area contributed by atoms with Crippen LogP contribution in [0.1, 0.15) is 39.0 Å². The van der Waals surface area contributed by atoms with Crippen LogP contribution in [-0.2, 0) is 4.79 Å². The minimum absolute atomic E-state index is 0.0375. The summed E-state index contributed by atoms with van der Waals surface area (Å²) in [6, 6.07) is 0. The number of halogens is 4. The summed E-state index contributed by atoms with van der Waals surface area (Å²) in [7, 11) is 1.64. The van der Waals surface area contributed by atoms with Gasteiger partial charge in [0, 0.05) is 24.9 Å². The molecule has 2 nitrogen and oxygen atoms in total. The first-order valence-corrected chi connectivity index (χ1v) is 7.11. The Morgan fingerprint density at radius 2 is 2.05 bits per heavy atom. The van der Waals surface area contributed by atoms with E-state index in [9.17, 15) is 18.0 Å². The lowest BCUT2D eigenvalue weighted by atomic mass is 9.80. The SMILES string of the molecule is CC(Cl)CCN(C)C(=O)C1CCCC(C(F)(F)F)C1. The number of nitrogens with zero attached hydrogens (tertiary/aromatic N) is 1. The Balaban J connectivity index is 2.52. The number of hydrogen-bond acceptors (Lipinski definition) is 1. The first-order valence-electron chi connectivity index (χ1n) is 6.67. The van der Waals surface area contributed by atoms with Gasteiger partial charge in [-0.1, -0.05) is 6.42 Å². The molecule has 0 spiro atoms. The maximum Gasteiger partial charge on any atom is 0.391 e. The lowest BCUT2D eigenvalue weighted by Crippen LogP contribution is -2.39. The van der Waals surface area contributed by atoms with E-state index in [-0.39, 0.29) is 24.1 Å². The number of alkyl halides is 4. The molecule has 3 atom stereocenters. The van der Waals surface area contributed by atoms with Gasteiger partial charge in [0.15, 0.2) is 0 Å². The molecule has 0 N–H and O–H groups in total. The van der Waals surface area contributed by atoms with Crippen molar-refractivity contribution in [2.75, 3.05) is 13.6 Å². The highest BCUT2D eigenvalue weighted by atomic mass is 35.5. The van der Waals surface area contributed by atoms with Gasteiger partial charge in [0.05, 0.1) is 5.92 Å². The second-order valence-corrected chi connectivity index (χ2v) is 6.18. The van der Waals surface area contributed by atoms with Gasteiger partial charge >= 0.3 is 6.18 Å². The Labute approximate surface area is 117 Å². The Morgan fingerprint density at radius 1 is 1.42 bits per heavy atom. The van der Waals surface area contributed by atoms with Crippen LogP contribution in [0.25, 0.3) is 0 Å². The fraction of sp³-hybridized carbons (Fsp3) is 0.923. The maximum absolute atomic E-state index is 12.7. The van der Waals surface area contributed by atoms with Gasteiger partial charge in [-0.15, -0.1) is 11.6 Å². The molecule has 1 rings (SSSR count). The molecule has 19 heavy (non-hydrogen) atoms. The first kappa shape index (κ1) is 16.6. The molecule has 0 saturated heterocycles. The molecule has 6 heteroatoms. The van der Waals surface area contributed by atoms with Crippen molar-refractivity contribution in [2.24, 2.45) is 11.8 Å². The molecule has 0 heterocycles. The smallest absolute Gasteiger partial charge is 0.345 e. The topological polar surface area (TPSA) is 20.3 Å². The molecule has 3 unspecified atom stereocenters. The van der Waals surface area contributed by atoms with Gasteiger partial charge in [-0.2, -0.15) is 13.2 Å². The third kappa shape index (κ3) is 5.21. The van der Waals surface area contributed by atoms with Gasteiger partial charge in [0.2, 0.25) is 5.91 Å². The van der Waals surface area contributed by atoms with Crippen molar-refractivity contribution >= 4 is 17.5 Å². The fourth-order valence-corrected chi connectivity index (χ4v) is 2.60. The van der Waals surface area contributed by atoms with E-state index < -0.39 is 18.0 Å². The maximum atomic E-state index is 12.7. The Morgan fingerprint density at radius 3 is 2.58 bits per heavy atom. The van der Waals surface area contributed by atoms with E-state index in [2.05, 4.69) is 0 Å². The van der Waals surface area contributed by atoms with Crippen LogP contribution < -0.4 is 0 Å². The van der Waals surface area contributed by atoms with Crippen LogP contribution >= 0.6 is 11.6 Å². The Hall–Kier alpha value is -0.450. The average molecular weight is 300 g/mol. The van der Waals surface area contributed by atoms with Gasteiger partial charge in [-0.3, -0.25) is 4.79 Å². The summed E-state index contributed by atoms with van der Waals surface area (Å²) in [6.45, 7) is 2.33. The van der Waals surface area contributed by atoms with Gasteiger partial charge in [-0.05, 0) is 32.6 Å². The highest BCUT2D eigenvalue weighted by Gasteiger charge is 2.43. The standard InChI is InChI=1S/C13H21ClF3NO/c1-9(14)6-7-18(2)12(19)10-4-3-5-11(8-10)13(15,16)17/h9-11H,3-8H2,1-2H3. The van der Waals surface area contributed by atoms with Crippen molar-refractivity contribution in [2.45, 2.75) is 50.6 Å². The highest BCUT2D eigenvalue weighted by molar-refractivity contribution is 6.20. The molecule has 112 valence electrons. The van der Waals surface area contributed by atoms with Gasteiger partial charge < -0.3 is 4.90 Å². The zero-order chi connectivity index (χ0) is 14.6. The second-order valence-electron chi connectivity index (χ2n) is 5.43. The normalized spacial score (nSPS) is 26.0. The lowest BCUT2D eigenvalue weighted by Gasteiger charge is -2.32. The predicted molar refractivity (Wildman–Crippen MR) is 69.1 cm³/mol. The van der Waals surface area contributed by atoms with E-state index in [4.69, 9.17) is 11.6 Å². The summed E-state index contributed by atoms with van der Waals surface area (Å²) in [5.41, 5.74) is 0. The number of rotatable bonds is 4. The van der Waals surface area contributed by atoms with Crippen molar-refractivity contribution in [3.05, 3.63) is 0 Å². The quantitative estimate of drug-likeness (QED) is 0.723. The minimum atomic E-state index is -4.18.